The summed E-state index contributed by atoms with van der Waals surface area (Å²) in [6.07, 6.45) is 7.90. The average Bonchev–Trinajstić information content (AvgIpc) is 3.33. The highest BCUT2D eigenvalue weighted by molar-refractivity contribution is 5.99. The second-order valence-corrected chi connectivity index (χ2v) is 10.2. The maximum absolute atomic E-state index is 13.2. The Morgan fingerprint density at radius 2 is 2.02 bits per heavy atom. The molecule has 0 bridgehead atoms. The van der Waals surface area contributed by atoms with Crippen molar-refractivity contribution in [2.24, 2.45) is 11.0 Å². The highest BCUT2D eigenvalue weighted by Crippen LogP contribution is 2.34. The first-order valence-corrected chi connectivity index (χ1v) is 13.9. The van der Waals surface area contributed by atoms with Gasteiger partial charge in [0.15, 0.2) is 0 Å². The molecule has 9 heteroatoms. The van der Waals surface area contributed by atoms with Crippen LogP contribution in [0.5, 0.6) is 5.75 Å². The first kappa shape index (κ1) is 29.0. The minimum atomic E-state index is -0.306. The summed E-state index contributed by atoms with van der Waals surface area (Å²) >= 11 is 0. The topological polar surface area (TPSA) is 116 Å². The predicted molar refractivity (Wildman–Crippen MR) is 154 cm³/mol. The maximum atomic E-state index is 13.2. The second kappa shape index (κ2) is 14.4. The zero-order valence-corrected chi connectivity index (χ0v) is 23.2. The third-order valence-electron chi connectivity index (χ3n) is 7.67. The SMILES string of the molecule is C=C(NC)C(CCC=O)N1Cc2c(OC/C(=C/Nc3ccc(CCC4CCOCC4)cc3)N=N)cccc2C1=O. The molecule has 9 nitrogen and oxygen atoms in total. The maximum Gasteiger partial charge on any atom is 0.255 e. The van der Waals surface area contributed by atoms with Gasteiger partial charge in [0.25, 0.3) is 5.91 Å². The molecular formula is C31H39N5O4. The van der Waals surface area contributed by atoms with E-state index in [2.05, 4.69) is 34.5 Å². The van der Waals surface area contributed by atoms with Gasteiger partial charge >= 0.3 is 0 Å². The molecule has 0 spiro atoms. The van der Waals surface area contributed by atoms with Crippen LogP contribution in [-0.4, -0.2) is 50.0 Å². The number of carbonyl (C=O) groups is 2. The number of aryl methyl sites for hydroxylation is 1. The fourth-order valence-corrected chi connectivity index (χ4v) is 5.22. The van der Waals surface area contributed by atoms with Crippen molar-refractivity contribution >= 4 is 17.9 Å². The van der Waals surface area contributed by atoms with Crippen LogP contribution in [-0.2, 0) is 22.5 Å². The highest BCUT2D eigenvalue weighted by atomic mass is 16.5. The molecule has 0 aromatic heterocycles. The molecule has 1 unspecified atom stereocenters. The van der Waals surface area contributed by atoms with Crippen molar-refractivity contribution < 1.29 is 19.1 Å². The monoisotopic (exact) mass is 545 g/mol. The van der Waals surface area contributed by atoms with E-state index in [1.54, 1.807) is 30.3 Å². The van der Waals surface area contributed by atoms with E-state index in [1.807, 2.05) is 18.2 Å². The Balaban J connectivity index is 1.34. The van der Waals surface area contributed by atoms with Crippen molar-refractivity contribution in [3.8, 4) is 5.75 Å². The number of hydrogen-bond acceptors (Lipinski definition) is 8. The predicted octanol–water partition coefficient (Wildman–Crippen LogP) is 5.45. The Labute approximate surface area is 236 Å². The van der Waals surface area contributed by atoms with Crippen LogP contribution in [0.3, 0.4) is 0 Å². The molecule has 0 aliphatic carbocycles. The number of hydrogen-bond donors (Lipinski definition) is 3. The number of ether oxygens (including phenoxy) is 2. The molecule has 2 aromatic carbocycles. The number of benzene rings is 2. The quantitative estimate of drug-likeness (QED) is 0.203. The van der Waals surface area contributed by atoms with Gasteiger partial charge in [-0.1, -0.05) is 24.8 Å². The fourth-order valence-electron chi connectivity index (χ4n) is 5.22. The summed E-state index contributed by atoms with van der Waals surface area (Å²) in [7, 11) is 1.76. The smallest absolute Gasteiger partial charge is 0.255 e. The van der Waals surface area contributed by atoms with E-state index in [-0.39, 0.29) is 18.6 Å². The molecule has 4 rings (SSSR count). The highest BCUT2D eigenvalue weighted by Gasteiger charge is 2.35. The number of fused-ring (bicyclic) bond motifs is 1. The molecular weight excluding hydrogens is 506 g/mol. The standard InChI is InChI=1S/C31H39N5O4/c1-22(33-2)29(6-4-16-37)36-20-28-27(31(36)38)5-3-7-30(28)40-21-26(35-32)19-34-25-12-10-23(11-13-25)8-9-24-14-17-39-18-15-24/h3,5,7,10-13,16,19,24,29,32-34H,1,4,6,8-9,14-15,17-18,20-21H2,2H3/b26-19-,35-32?. The van der Waals surface area contributed by atoms with Crippen LogP contribution < -0.4 is 15.4 Å². The number of amides is 1. The van der Waals surface area contributed by atoms with Crippen LogP contribution in [0.25, 0.3) is 0 Å². The van der Waals surface area contributed by atoms with Crippen LogP contribution in [0, 0.1) is 11.4 Å². The van der Waals surface area contributed by atoms with Gasteiger partial charge in [0.05, 0.1) is 12.6 Å². The van der Waals surface area contributed by atoms with Crippen LogP contribution >= 0.6 is 0 Å². The Morgan fingerprint density at radius 3 is 2.73 bits per heavy atom. The van der Waals surface area contributed by atoms with E-state index in [4.69, 9.17) is 15.0 Å². The summed E-state index contributed by atoms with van der Waals surface area (Å²) in [4.78, 5) is 25.9. The zero-order chi connectivity index (χ0) is 28.3. The van der Waals surface area contributed by atoms with Gasteiger partial charge in [0.2, 0.25) is 0 Å². The van der Waals surface area contributed by atoms with Gasteiger partial charge in [-0.3, -0.25) is 4.79 Å². The van der Waals surface area contributed by atoms with E-state index < -0.39 is 0 Å². The summed E-state index contributed by atoms with van der Waals surface area (Å²) in [6.45, 7) is 6.22. The number of likely N-dealkylation sites (N-methyl/N-ethyl adjacent to an activating group) is 1. The van der Waals surface area contributed by atoms with Gasteiger partial charge in [-0.05, 0) is 67.9 Å². The Morgan fingerprint density at radius 1 is 1.25 bits per heavy atom. The van der Waals surface area contributed by atoms with Crippen molar-refractivity contribution in [2.75, 3.05) is 32.2 Å². The fraction of sp³-hybridized carbons (Fsp3) is 0.419. The van der Waals surface area contributed by atoms with Gasteiger partial charge < -0.3 is 29.8 Å². The van der Waals surface area contributed by atoms with E-state index >= 15 is 0 Å². The van der Waals surface area contributed by atoms with E-state index in [9.17, 15) is 9.59 Å². The van der Waals surface area contributed by atoms with E-state index in [1.165, 1.54) is 12.0 Å². The molecule has 1 atom stereocenters. The number of carbonyl (C=O) groups excluding carboxylic acids is 2. The van der Waals surface area contributed by atoms with Crippen LogP contribution in [0.2, 0.25) is 0 Å². The summed E-state index contributed by atoms with van der Waals surface area (Å²) in [5, 5.41) is 9.85. The van der Waals surface area contributed by atoms with Crippen molar-refractivity contribution in [1.82, 2.24) is 10.2 Å². The lowest BCUT2D eigenvalue weighted by atomic mass is 9.93. The lowest BCUT2D eigenvalue weighted by Crippen LogP contribution is -2.39. The molecule has 2 heterocycles. The normalized spacial score (nSPS) is 16.3. The van der Waals surface area contributed by atoms with E-state index in [0.29, 0.717) is 42.1 Å². The Kier molecular flexibility index (Phi) is 10.5. The molecule has 2 aromatic rings. The molecule has 1 fully saturated rings. The summed E-state index contributed by atoms with van der Waals surface area (Å²) in [5.74, 6) is 1.20. The van der Waals surface area contributed by atoms with Gasteiger partial charge in [-0.2, -0.15) is 5.11 Å². The van der Waals surface area contributed by atoms with Crippen LogP contribution in [0.1, 0.15) is 53.6 Å². The number of nitrogens with zero attached hydrogens (tertiary/aromatic N) is 2. The molecule has 212 valence electrons. The van der Waals surface area contributed by atoms with Crippen LogP contribution in [0.15, 0.2) is 71.8 Å². The molecule has 2 aliphatic heterocycles. The van der Waals surface area contributed by atoms with E-state index in [0.717, 1.165) is 55.9 Å². The molecule has 40 heavy (non-hydrogen) atoms. The molecule has 2 aliphatic rings. The minimum Gasteiger partial charge on any atom is -0.487 e. The second-order valence-electron chi connectivity index (χ2n) is 10.2. The van der Waals surface area contributed by atoms with Gasteiger partial charge in [0, 0.05) is 55.4 Å². The number of rotatable bonds is 15. The number of nitrogens with one attached hydrogen (secondary N) is 3. The van der Waals surface area contributed by atoms with Gasteiger partial charge in [-0.25, -0.2) is 5.53 Å². The number of aldehydes is 1. The first-order chi connectivity index (χ1) is 19.5. The summed E-state index contributed by atoms with van der Waals surface area (Å²) in [5.41, 5.74) is 12.3. The lowest BCUT2D eigenvalue weighted by Gasteiger charge is -2.29. The molecule has 3 N–H and O–H groups in total. The van der Waals surface area contributed by atoms with Crippen LogP contribution in [0.4, 0.5) is 5.69 Å². The van der Waals surface area contributed by atoms with Crippen molar-refractivity contribution in [1.29, 1.82) is 5.53 Å². The van der Waals surface area contributed by atoms with Gasteiger partial charge in [0.1, 0.15) is 24.3 Å². The molecule has 1 saturated heterocycles. The average molecular weight is 546 g/mol. The zero-order valence-electron chi connectivity index (χ0n) is 23.2. The summed E-state index contributed by atoms with van der Waals surface area (Å²) in [6, 6.07) is 13.4. The van der Waals surface area contributed by atoms with Crippen molar-refractivity contribution in [2.45, 2.75) is 51.1 Å². The Bertz CT molecular complexity index is 1220. The molecule has 0 radical (unpaired) electrons. The van der Waals surface area contributed by atoms with Gasteiger partial charge in [-0.15, -0.1) is 0 Å². The molecule has 1 amide bonds. The first-order valence-electron chi connectivity index (χ1n) is 13.9. The van der Waals surface area contributed by atoms with Crippen molar-refractivity contribution in [3.63, 3.8) is 0 Å². The summed E-state index contributed by atoms with van der Waals surface area (Å²) < 4.78 is 11.5. The third-order valence-corrected chi connectivity index (χ3v) is 7.67. The lowest BCUT2D eigenvalue weighted by molar-refractivity contribution is -0.108. The largest absolute Gasteiger partial charge is 0.487 e. The third kappa shape index (κ3) is 7.35. The minimum absolute atomic E-state index is 0.0716. The number of anilines is 1. The molecule has 0 saturated carbocycles. The van der Waals surface area contributed by atoms with Crippen molar-refractivity contribution in [3.05, 3.63) is 83.3 Å². The Hall–Kier alpha value is -3.98.